The zero-order valence-corrected chi connectivity index (χ0v) is 11.4. The van der Waals surface area contributed by atoms with Crippen molar-refractivity contribution in [2.24, 2.45) is 0 Å². The van der Waals surface area contributed by atoms with Gasteiger partial charge in [-0.3, -0.25) is 0 Å². The summed E-state index contributed by atoms with van der Waals surface area (Å²) < 4.78 is 10.7. The van der Waals surface area contributed by atoms with Crippen molar-refractivity contribution < 1.29 is 9.47 Å². The molecule has 6 heteroatoms. The number of nitriles is 1. The number of hydrogen-bond donors (Lipinski definition) is 0. The minimum absolute atomic E-state index is 0.629. The van der Waals surface area contributed by atoms with Crippen LogP contribution in [0.3, 0.4) is 0 Å². The molecule has 2 aliphatic rings. The monoisotopic (exact) mass is 274 g/mol. The standard InChI is InChI=1S/C14H18N4O2/c15-11-12-1-2-13(17-3-7-19-8-4-17)16-14(12)18-5-9-20-10-6-18/h1-2H,3-10H2. The van der Waals surface area contributed by atoms with E-state index in [2.05, 4.69) is 15.9 Å². The Morgan fingerprint density at radius 2 is 1.55 bits per heavy atom. The highest BCUT2D eigenvalue weighted by atomic mass is 16.5. The first-order chi connectivity index (χ1) is 9.88. The van der Waals surface area contributed by atoms with Gasteiger partial charge in [0.05, 0.1) is 32.0 Å². The van der Waals surface area contributed by atoms with Gasteiger partial charge in [-0.2, -0.15) is 5.26 Å². The first kappa shape index (κ1) is 13.2. The van der Waals surface area contributed by atoms with E-state index in [4.69, 9.17) is 14.5 Å². The van der Waals surface area contributed by atoms with Crippen molar-refractivity contribution >= 4 is 11.6 Å². The van der Waals surface area contributed by atoms with Gasteiger partial charge in [-0.1, -0.05) is 0 Å². The number of anilines is 2. The molecule has 0 aliphatic carbocycles. The molecule has 6 nitrogen and oxygen atoms in total. The van der Waals surface area contributed by atoms with Crippen LogP contribution in [0.2, 0.25) is 0 Å². The maximum absolute atomic E-state index is 9.27. The van der Waals surface area contributed by atoms with Crippen LogP contribution in [0.1, 0.15) is 5.56 Å². The topological polar surface area (TPSA) is 61.6 Å². The molecule has 0 saturated carbocycles. The molecule has 3 rings (SSSR count). The van der Waals surface area contributed by atoms with Gasteiger partial charge in [0, 0.05) is 26.2 Å². The van der Waals surface area contributed by atoms with Gasteiger partial charge in [-0.15, -0.1) is 0 Å². The highest BCUT2D eigenvalue weighted by Crippen LogP contribution is 2.23. The summed E-state index contributed by atoms with van der Waals surface area (Å²) in [7, 11) is 0. The van der Waals surface area contributed by atoms with E-state index < -0.39 is 0 Å². The van der Waals surface area contributed by atoms with Crippen LogP contribution in [0.15, 0.2) is 12.1 Å². The molecule has 1 aromatic rings. The molecule has 3 heterocycles. The van der Waals surface area contributed by atoms with E-state index in [0.717, 1.165) is 51.0 Å². The number of hydrogen-bond acceptors (Lipinski definition) is 6. The molecule has 0 amide bonds. The second-order valence-electron chi connectivity index (χ2n) is 4.85. The van der Waals surface area contributed by atoms with E-state index in [1.807, 2.05) is 12.1 Å². The summed E-state index contributed by atoms with van der Waals surface area (Å²) in [6, 6.07) is 6.02. The Morgan fingerprint density at radius 3 is 2.15 bits per heavy atom. The van der Waals surface area contributed by atoms with Crippen molar-refractivity contribution in [3.05, 3.63) is 17.7 Å². The molecule has 2 aliphatic heterocycles. The number of ether oxygens (including phenoxy) is 2. The zero-order chi connectivity index (χ0) is 13.8. The van der Waals surface area contributed by atoms with E-state index >= 15 is 0 Å². The second kappa shape index (κ2) is 6.07. The average Bonchev–Trinajstić information content (AvgIpc) is 2.56. The van der Waals surface area contributed by atoms with Gasteiger partial charge in [0.1, 0.15) is 17.7 Å². The predicted octanol–water partition coefficient (Wildman–Crippen LogP) is 0.626. The van der Waals surface area contributed by atoms with Crippen LogP contribution < -0.4 is 9.80 Å². The summed E-state index contributed by atoms with van der Waals surface area (Å²) in [4.78, 5) is 9.04. The van der Waals surface area contributed by atoms with Gasteiger partial charge in [-0.25, -0.2) is 4.98 Å². The molecule has 20 heavy (non-hydrogen) atoms. The third-order valence-electron chi connectivity index (χ3n) is 3.63. The Labute approximate surface area is 118 Å². The van der Waals surface area contributed by atoms with Crippen LogP contribution in [-0.4, -0.2) is 57.6 Å². The molecule has 0 N–H and O–H groups in total. The van der Waals surface area contributed by atoms with Crippen LogP contribution in [0, 0.1) is 11.3 Å². The fraction of sp³-hybridized carbons (Fsp3) is 0.571. The third kappa shape index (κ3) is 2.69. The zero-order valence-electron chi connectivity index (χ0n) is 11.4. The van der Waals surface area contributed by atoms with Crippen molar-refractivity contribution in [2.45, 2.75) is 0 Å². The molecular weight excluding hydrogens is 256 g/mol. The van der Waals surface area contributed by atoms with Crippen molar-refractivity contribution in [1.82, 2.24) is 4.98 Å². The molecule has 0 unspecified atom stereocenters. The van der Waals surface area contributed by atoms with Gasteiger partial charge in [-0.05, 0) is 12.1 Å². The van der Waals surface area contributed by atoms with Crippen molar-refractivity contribution in [3.8, 4) is 6.07 Å². The first-order valence-electron chi connectivity index (χ1n) is 6.95. The van der Waals surface area contributed by atoms with Crippen molar-refractivity contribution in [3.63, 3.8) is 0 Å². The van der Waals surface area contributed by atoms with E-state index in [0.29, 0.717) is 18.8 Å². The number of morpholine rings is 2. The first-order valence-corrected chi connectivity index (χ1v) is 6.95. The molecule has 2 saturated heterocycles. The second-order valence-corrected chi connectivity index (χ2v) is 4.85. The van der Waals surface area contributed by atoms with Crippen LogP contribution in [0.4, 0.5) is 11.6 Å². The average molecular weight is 274 g/mol. The Kier molecular flexibility index (Phi) is 4.00. The summed E-state index contributed by atoms with van der Waals surface area (Å²) in [5, 5.41) is 9.27. The highest BCUT2D eigenvalue weighted by molar-refractivity contribution is 5.59. The summed E-state index contributed by atoms with van der Waals surface area (Å²) >= 11 is 0. The Balaban J connectivity index is 1.87. The van der Waals surface area contributed by atoms with Gasteiger partial charge < -0.3 is 19.3 Å². The molecule has 106 valence electrons. The van der Waals surface area contributed by atoms with E-state index in [-0.39, 0.29) is 0 Å². The van der Waals surface area contributed by atoms with Crippen molar-refractivity contribution in [2.75, 3.05) is 62.4 Å². The summed E-state index contributed by atoms with van der Waals surface area (Å²) in [6.45, 7) is 6.11. The Bertz CT molecular complexity index is 502. The molecule has 0 aromatic carbocycles. The molecule has 0 radical (unpaired) electrons. The van der Waals surface area contributed by atoms with Gasteiger partial charge in [0.15, 0.2) is 0 Å². The molecule has 0 atom stereocenters. The molecule has 0 bridgehead atoms. The lowest BCUT2D eigenvalue weighted by molar-refractivity contribution is 0.121. The molecule has 0 spiro atoms. The number of aromatic nitrogens is 1. The SMILES string of the molecule is N#Cc1ccc(N2CCOCC2)nc1N1CCOCC1. The van der Waals surface area contributed by atoms with Crippen LogP contribution >= 0.6 is 0 Å². The summed E-state index contributed by atoms with van der Waals surface area (Å²) in [5.41, 5.74) is 0.629. The minimum atomic E-state index is 0.629. The lowest BCUT2D eigenvalue weighted by atomic mass is 10.2. The quantitative estimate of drug-likeness (QED) is 0.788. The molecular formula is C14H18N4O2. The Morgan fingerprint density at radius 1 is 0.950 bits per heavy atom. The lowest BCUT2D eigenvalue weighted by Crippen LogP contribution is -2.39. The van der Waals surface area contributed by atoms with Crippen LogP contribution in [0.5, 0.6) is 0 Å². The number of nitrogens with zero attached hydrogens (tertiary/aromatic N) is 4. The lowest BCUT2D eigenvalue weighted by Gasteiger charge is -2.31. The summed E-state index contributed by atoms with van der Waals surface area (Å²) in [5.74, 6) is 1.70. The van der Waals surface area contributed by atoms with Gasteiger partial charge in [0.25, 0.3) is 0 Å². The predicted molar refractivity (Wildman–Crippen MR) is 75.0 cm³/mol. The van der Waals surface area contributed by atoms with E-state index in [1.54, 1.807) is 0 Å². The summed E-state index contributed by atoms with van der Waals surface area (Å²) in [6.07, 6.45) is 0. The normalized spacial score (nSPS) is 19.8. The van der Waals surface area contributed by atoms with Crippen molar-refractivity contribution in [1.29, 1.82) is 5.26 Å². The maximum atomic E-state index is 9.27. The van der Waals surface area contributed by atoms with E-state index in [1.165, 1.54) is 0 Å². The number of pyridine rings is 1. The molecule has 1 aromatic heterocycles. The Hall–Kier alpha value is -1.84. The fourth-order valence-corrected chi connectivity index (χ4v) is 2.51. The highest BCUT2D eigenvalue weighted by Gasteiger charge is 2.19. The maximum Gasteiger partial charge on any atom is 0.149 e. The van der Waals surface area contributed by atoms with Gasteiger partial charge >= 0.3 is 0 Å². The largest absolute Gasteiger partial charge is 0.378 e. The van der Waals surface area contributed by atoms with Crippen LogP contribution in [0.25, 0.3) is 0 Å². The third-order valence-corrected chi connectivity index (χ3v) is 3.63. The fourth-order valence-electron chi connectivity index (χ4n) is 2.51. The van der Waals surface area contributed by atoms with E-state index in [9.17, 15) is 5.26 Å². The smallest absolute Gasteiger partial charge is 0.149 e. The number of rotatable bonds is 2. The van der Waals surface area contributed by atoms with Crippen LogP contribution in [-0.2, 0) is 9.47 Å². The van der Waals surface area contributed by atoms with Gasteiger partial charge in [0.2, 0.25) is 0 Å². The minimum Gasteiger partial charge on any atom is -0.378 e. The molecule has 2 fully saturated rings.